The fraction of sp³-hybridized carbons (Fsp3) is 0.188. The van der Waals surface area contributed by atoms with Gasteiger partial charge in [-0.2, -0.15) is 0 Å². The Morgan fingerprint density at radius 1 is 1.10 bits per heavy atom. The smallest absolute Gasteiger partial charge is 0.258 e. The first-order valence-electron chi connectivity index (χ1n) is 6.62. The quantitative estimate of drug-likeness (QED) is 0.940. The van der Waals surface area contributed by atoms with Crippen LogP contribution in [0.5, 0.6) is 0 Å². The number of hydrogen-bond acceptors (Lipinski definition) is 2. The highest BCUT2D eigenvalue weighted by Gasteiger charge is 2.17. The SMILES string of the molecule is CCN(C(=O)c1ccc(F)c(F)c1)c1ccc(CN)cc1. The second-order valence-electron chi connectivity index (χ2n) is 4.55. The first-order chi connectivity index (χ1) is 10.1. The normalized spacial score (nSPS) is 10.5. The van der Waals surface area contributed by atoms with Crippen LogP contribution in [0.2, 0.25) is 0 Å². The van der Waals surface area contributed by atoms with E-state index in [9.17, 15) is 13.6 Å². The summed E-state index contributed by atoms with van der Waals surface area (Å²) in [6, 6.07) is 10.4. The van der Waals surface area contributed by atoms with Crippen LogP contribution < -0.4 is 10.6 Å². The average Bonchev–Trinajstić information content (AvgIpc) is 2.51. The molecular formula is C16H16F2N2O. The number of carbonyl (C=O) groups is 1. The summed E-state index contributed by atoms with van der Waals surface area (Å²) in [6.45, 7) is 2.65. The highest BCUT2D eigenvalue weighted by atomic mass is 19.2. The van der Waals surface area contributed by atoms with Crippen molar-refractivity contribution < 1.29 is 13.6 Å². The molecule has 5 heteroatoms. The minimum atomic E-state index is -1.03. The van der Waals surface area contributed by atoms with Crippen LogP contribution in [-0.4, -0.2) is 12.5 Å². The maximum absolute atomic E-state index is 13.2. The first kappa shape index (κ1) is 15.1. The number of amides is 1. The van der Waals surface area contributed by atoms with Gasteiger partial charge in [-0.3, -0.25) is 4.79 Å². The van der Waals surface area contributed by atoms with Crippen molar-refractivity contribution in [2.75, 3.05) is 11.4 Å². The van der Waals surface area contributed by atoms with Gasteiger partial charge in [0.15, 0.2) is 11.6 Å². The van der Waals surface area contributed by atoms with E-state index in [1.165, 1.54) is 11.0 Å². The van der Waals surface area contributed by atoms with Gasteiger partial charge < -0.3 is 10.6 Å². The molecule has 0 aliphatic rings. The molecule has 21 heavy (non-hydrogen) atoms. The van der Waals surface area contributed by atoms with Crippen molar-refractivity contribution in [3.63, 3.8) is 0 Å². The van der Waals surface area contributed by atoms with Gasteiger partial charge in [-0.15, -0.1) is 0 Å². The van der Waals surface area contributed by atoms with E-state index in [0.717, 1.165) is 17.7 Å². The van der Waals surface area contributed by atoms with Gasteiger partial charge in [-0.1, -0.05) is 12.1 Å². The maximum atomic E-state index is 13.2. The van der Waals surface area contributed by atoms with E-state index in [1.807, 2.05) is 19.1 Å². The van der Waals surface area contributed by atoms with Gasteiger partial charge in [0.05, 0.1) is 0 Å². The van der Waals surface area contributed by atoms with Crippen LogP contribution in [0.15, 0.2) is 42.5 Å². The second-order valence-corrected chi connectivity index (χ2v) is 4.55. The first-order valence-corrected chi connectivity index (χ1v) is 6.62. The minimum absolute atomic E-state index is 0.110. The Morgan fingerprint density at radius 3 is 2.29 bits per heavy atom. The Labute approximate surface area is 122 Å². The van der Waals surface area contributed by atoms with E-state index >= 15 is 0 Å². The molecule has 0 saturated heterocycles. The zero-order chi connectivity index (χ0) is 15.4. The Kier molecular flexibility index (Phi) is 4.65. The summed E-state index contributed by atoms with van der Waals surface area (Å²) in [4.78, 5) is 13.9. The molecule has 0 heterocycles. The van der Waals surface area contributed by atoms with Crippen LogP contribution in [0.1, 0.15) is 22.8 Å². The topological polar surface area (TPSA) is 46.3 Å². The standard InChI is InChI=1S/C16H16F2N2O/c1-2-20(13-6-3-11(10-19)4-7-13)16(21)12-5-8-14(17)15(18)9-12/h3-9H,2,10,19H2,1H3. The number of anilines is 1. The molecule has 0 aliphatic carbocycles. The zero-order valence-electron chi connectivity index (χ0n) is 11.6. The van der Waals surface area contributed by atoms with Gasteiger partial charge >= 0.3 is 0 Å². The molecular weight excluding hydrogens is 274 g/mol. The molecule has 0 aliphatic heterocycles. The Bertz CT molecular complexity index is 641. The predicted molar refractivity (Wildman–Crippen MR) is 78.0 cm³/mol. The molecule has 2 aromatic carbocycles. The van der Waals surface area contributed by atoms with Crippen LogP contribution in [0.4, 0.5) is 14.5 Å². The lowest BCUT2D eigenvalue weighted by atomic mass is 10.1. The third-order valence-electron chi connectivity index (χ3n) is 3.21. The van der Waals surface area contributed by atoms with Crippen LogP contribution in [-0.2, 0) is 6.54 Å². The summed E-state index contributed by atoms with van der Waals surface area (Å²) >= 11 is 0. The fourth-order valence-electron chi connectivity index (χ4n) is 2.04. The summed E-state index contributed by atoms with van der Waals surface area (Å²) < 4.78 is 26.2. The molecule has 0 saturated carbocycles. The van der Waals surface area contributed by atoms with Gasteiger partial charge in [0, 0.05) is 24.3 Å². The highest BCUT2D eigenvalue weighted by Crippen LogP contribution is 2.19. The molecule has 0 aromatic heterocycles. The van der Waals surface area contributed by atoms with Crippen molar-refractivity contribution >= 4 is 11.6 Å². The number of nitrogens with zero attached hydrogens (tertiary/aromatic N) is 1. The molecule has 0 radical (unpaired) electrons. The Morgan fingerprint density at radius 2 is 1.76 bits per heavy atom. The number of hydrogen-bond donors (Lipinski definition) is 1. The fourth-order valence-corrected chi connectivity index (χ4v) is 2.04. The van der Waals surface area contributed by atoms with Crippen LogP contribution >= 0.6 is 0 Å². The maximum Gasteiger partial charge on any atom is 0.258 e. The molecule has 0 unspecified atom stereocenters. The van der Waals surface area contributed by atoms with E-state index in [4.69, 9.17) is 5.73 Å². The zero-order valence-corrected chi connectivity index (χ0v) is 11.6. The monoisotopic (exact) mass is 290 g/mol. The third kappa shape index (κ3) is 3.25. The number of benzene rings is 2. The summed E-state index contributed by atoms with van der Waals surface area (Å²) in [5, 5.41) is 0. The van der Waals surface area contributed by atoms with Crippen molar-refractivity contribution in [1.82, 2.24) is 0 Å². The number of rotatable bonds is 4. The molecule has 3 nitrogen and oxygen atoms in total. The van der Waals surface area contributed by atoms with E-state index < -0.39 is 11.6 Å². The lowest BCUT2D eigenvalue weighted by Gasteiger charge is -2.21. The molecule has 2 aromatic rings. The van der Waals surface area contributed by atoms with Crippen molar-refractivity contribution in [2.45, 2.75) is 13.5 Å². The lowest BCUT2D eigenvalue weighted by Crippen LogP contribution is -2.30. The van der Waals surface area contributed by atoms with Gasteiger partial charge in [0.2, 0.25) is 0 Å². The lowest BCUT2D eigenvalue weighted by molar-refractivity contribution is 0.0988. The number of carbonyl (C=O) groups excluding carboxylic acids is 1. The van der Waals surface area contributed by atoms with Gasteiger partial charge in [-0.25, -0.2) is 8.78 Å². The van der Waals surface area contributed by atoms with Crippen molar-refractivity contribution in [3.05, 3.63) is 65.2 Å². The van der Waals surface area contributed by atoms with Crippen LogP contribution in [0.3, 0.4) is 0 Å². The second kappa shape index (κ2) is 6.45. The van der Waals surface area contributed by atoms with Crippen molar-refractivity contribution in [2.24, 2.45) is 5.73 Å². The summed E-state index contributed by atoms with van der Waals surface area (Å²) in [5.41, 5.74) is 7.28. The average molecular weight is 290 g/mol. The summed E-state index contributed by atoms with van der Waals surface area (Å²) in [5.74, 6) is -2.38. The van der Waals surface area contributed by atoms with Crippen LogP contribution in [0.25, 0.3) is 0 Å². The minimum Gasteiger partial charge on any atom is -0.326 e. The Hall–Kier alpha value is -2.27. The third-order valence-corrected chi connectivity index (χ3v) is 3.21. The molecule has 110 valence electrons. The van der Waals surface area contributed by atoms with Crippen molar-refractivity contribution in [3.8, 4) is 0 Å². The van der Waals surface area contributed by atoms with Crippen LogP contribution in [0, 0.1) is 11.6 Å². The highest BCUT2D eigenvalue weighted by molar-refractivity contribution is 6.06. The van der Waals surface area contributed by atoms with Crippen molar-refractivity contribution in [1.29, 1.82) is 0 Å². The largest absolute Gasteiger partial charge is 0.326 e. The number of nitrogens with two attached hydrogens (primary N) is 1. The van der Waals surface area contributed by atoms with E-state index in [1.54, 1.807) is 12.1 Å². The summed E-state index contributed by atoms with van der Waals surface area (Å²) in [7, 11) is 0. The van der Waals surface area contributed by atoms with Gasteiger partial charge in [-0.05, 0) is 42.8 Å². The van der Waals surface area contributed by atoms with Gasteiger partial charge in [0.25, 0.3) is 5.91 Å². The van der Waals surface area contributed by atoms with E-state index in [2.05, 4.69) is 0 Å². The molecule has 0 fully saturated rings. The van der Waals surface area contributed by atoms with E-state index in [0.29, 0.717) is 18.8 Å². The molecule has 0 bridgehead atoms. The van der Waals surface area contributed by atoms with E-state index in [-0.39, 0.29) is 11.5 Å². The molecule has 2 rings (SSSR count). The molecule has 2 N–H and O–H groups in total. The Balaban J connectivity index is 2.30. The molecule has 1 amide bonds. The van der Waals surface area contributed by atoms with Gasteiger partial charge in [0.1, 0.15) is 0 Å². The summed E-state index contributed by atoms with van der Waals surface area (Å²) in [6.07, 6.45) is 0. The molecule has 0 spiro atoms. The molecule has 0 atom stereocenters. The number of halogens is 2. The predicted octanol–water partition coefficient (Wildman–Crippen LogP) is 3.09.